The fraction of sp³-hybridized carbons (Fsp3) is 0.300. The van der Waals surface area contributed by atoms with Crippen LogP contribution in [0.3, 0.4) is 0 Å². The number of hydrogen-bond donors (Lipinski definition) is 0. The van der Waals surface area contributed by atoms with Crippen molar-refractivity contribution >= 4 is 11.6 Å². The maximum absolute atomic E-state index is 5.89. The van der Waals surface area contributed by atoms with E-state index in [2.05, 4.69) is 15.2 Å². The molecule has 5 heteroatoms. The summed E-state index contributed by atoms with van der Waals surface area (Å²) < 4.78 is 1.89. The van der Waals surface area contributed by atoms with E-state index in [1.54, 1.807) is 6.20 Å². The van der Waals surface area contributed by atoms with Crippen LogP contribution < -0.4 is 0 Å². The van der Waals surface area contributed by atoms with Crippen LogP contribution in [-0.2, 0) is 0 Å². The zero-order chi connectivity index (χ0) is 11.0. The van der Waals surface area contributed by atoms with Crippen molar-refractivity contribution in [3.05, 3.63) is 34.5 Å². The summed E-state index contributed by atoms with van der Waals surface area (Å²) in [6, 6.07) is 0. The average molecular weight is 223 g/mol. The Kier molecular flexibility index (Phi) is 2.44. The first kappa shape index (κ1) is 10.1. The Balaban J connectivity index is 2.65. The number of imidazole rings is 1. The Bertz CT molecular complexity index is 504. The Morgan fingerprint density at radius 1 is 1.13 bits per heavy atom. The molecule has 0 amide bonds. The van der Waals surface area contributed by atoms with E-state index in [0.29, 0.717) is 5.15 Å². The van der Waals surface area contributed by atoms with Crippen molar-refractivity contribution in [2.45, 2.75) is 20.8 Å². The first-order valence-electron chi connectivity index (χ1n) is 4.61. The normalized spacial score (nSPS) is 10.7. The number of aryl methyl sites for hydroxylation is 1. The van der Waals surface area contributed by atoms with Crippen molar-refractivity contribution in [3.63, 3.8) is 0 Å². The molecule has 2 aromatic heterocycles. The van der Waals surface area contributed by atoms with Crippen LogP contribution >= 0.6 is 11.6 Å². The summed E-state index contributed by atoms with van der Waals surface area (Å²) in [4.78, 5) is 4.15. The van der Waals surface area contributed by atoms with Crippen molar-refractivity contribution in [3.8, 4) is 5.82 Å². The Labute approximate surface area is 92.9 Å². The van der Waals surface area contributed by atoms with Gasteiger partial charge in [0.05, 0.1) is 0 Å². The van der Waals surface area contributed by atoms with E-state index < -0.39 is 0 Å². The van der Waals surface area contributed by atoms with Crippen LogP contribution in [-0.4, -0.2) is 19.7 Å². The molecule has 0 saturated carbocycles. The number of halogens is 1. The van der Waals surface area contributed by atoms with Crippen molar-refractivity contribution < 1.29 is 0 Å². The Morgan fingerprint density at radius 2 is 1.87 bits per heavy atom. The molecule has 0 spiro atoms. The lowest BCUT2D eigenvalue weighted by molar-refractivity contribution is 0.860. The van der Waals surface area contributed by atoms with Gasteiger partial charge in [0.2, 0.25) is 0 Å². The molecule has 0 bridgehead atoms. The van der Waals surface area contributed by atoms with E-state index in [-0.39, 0.29) is 0 Å². The molecule has 0 aliphatic heterocycles. The van der Waals surface area contributed by atoms with E-state index in [0.717, 1.165) is 22.8 Å². The average Bonchev–Trinajstić information content (AvgIpc) is 2.62. The molecule has 0 aliphatic carbocycles. The van der Waals surface area contributed by atoms with Gasteiger partial charge in [0.15, 0.2) is 11.0 Å². The minimum Gasteiger partial charge on any atom is -0.286 e. The molecule has 0 saturated heterocycles. The van der Waals surface area contributed by atoms with E-state index in [1.807, 2.05) is 31.5 Å². The first-order chi connectivity index (χ1) is 7.11. The molecule has 2 heterocycles. The van der Waals surface area contributed by atoms with Gasteiger partial charge in [0, 0.05) is 18.0 Å². The highest BCUT2D eigenvalue weighted by atomic mass is 35.5. The smallest absolute Gasteiger partial charge is 0.164 e. The highest BCUT2D eigenvalue weighted by Gasteiger charge is 2.10. The van der Waals surface area contributed by atoms with Crippen molar-refractivity contribution in [1.82, 2.24) is 19.7 Å². The third kappa shape index (κ3) is 1.61. The second-order valence-electron chi connectivity index (χ2n) is 3.41. The fourth-order valence-electron chi connectivity index (χ4n) is 1.39. The molecule has 0 aliphatic rings. The third-order valence-corrected chi connectivity index (χ3v) is 2.85. The predicted molar refractivity (Wildman–Crippen MR) is 58.4 cm³/mol. The number of nitrogens with zero attached hydrogens (tertiary/aromatic N) is 4. The molecule has 0 atom stereocenters. The van der Waals surface area contributed by atoms with Crippen LogP contribution in [0.25, 0.3) is 5.82 Å². The van der Waals surface area contributed by atoms with Crippen molar-refractivity contribution in [2.75, 3.05) is 0 Å². The van der Waals surface area contributed by atoms with Crippen LogP contribution in [0.2, 0.25) is 5.15 Å². The third-order valence-electron chi connectivity index (χ3n) is 2.49. The van der Waals surface area contributed by atoms with Crippen LogP contribution in [0.15, 0.2) is 12.4 Å². The zero-order valence-electron chi connectivity index (χ0n) is 8.82. The van der Waals surface area contributed by atoms with E-state index in [1.165, 1.54) is 0 Å². The molecular formula is C10H11ClN4. The Hall–Kier alpha value is -1.42. The predicted octanol–water partition coefficient (Wildman–Crippen LogP) is 2.24. The Morgan fingerprint density at radius 3 is 2.47 bits per heavy atom. The summed E-state index contributed by atoms with van der Waals surface area (Å²) in [5, 5.41) is 8.44. The molecule has 4 nitrogen and oxygen atoms in total. The maximum atomic E-state index is 5.89. The summed E-state index contributed by atoms with van der Waals surface area (Å²) in [5.74, 6) is 1.67. The lowest BCUT2D eigenvalue weighted by atomic mass is 10.2. The van der Waals surface area contributed by atoms with Gasteiger partial charge in [-0.3, -0.25) is 4.57 Å². The highest BCUT2D eigenvalue weighted by molar-refractivity contribution is 6.30. The molecular weight excluding hydrogens is 212 g/mol. The molecule has 2 rings (SSSR count). The van der Waals surface area contributed by atoms with Gasteiger partial charge in [-0.15, -0.1) is 10.2 Å². The summed E-state index contributed by atoms with van der Waals surface area (Å²) in [6.45, 7) is 5.83. The van der Waals surface area contributed by atoms with Gasteiger partial charge < -0.3 is 0 Å². The molecule has 78 valence electrons. The molecule has 0 radical (unpaired) electrons. The molecule has 15 heavy (non-hydrogen) atoms. The zero-order valence-corrected chi connectivity index (χ0v) is 9.58. The van der Waals surface area contributed by atoms with Crippen LogP contribution in [0.5, 0.6) is 0 Å². The summed E-state index contributed by atoms with van der Waals surface area (Å²) in [5.41, 5.74) is 1.98. The fourth-order valence-corrected chi connectivity index (χ4v) is 1.57. The highest BCUT2D eigenvalue weighted by Crippen LogP contribution is 2.20. The van der Waals surface area contributed by atoms with Crippen molar-refractivity contribution in [2.24, 2.45) is 0 Å². The molecule has 2 aromatic rings. The van der Waals surface area contributed by atoms with Crippen LogP contribution in [0.4, 0.5) is 0 Å². The van der Waals surface area contributed by atoms with Gasteiger partial charge in [-0.1, -0.05) is 11.6 Å². The minimum atomic E-state index is 0.453. The van der Waals surface area contributed by atoms with Crippen molar-refractivity contribution in [1.29, 1.82) is 0 Å². The molecule has 0 aromatic carbocycles. The summed E-state index contributed by atoms with van der Waals surface area (Å²) in [6.07, 6.45) is 3.60. The van der Waals surface area contributed by atoms with E-state index in [9.17, 15) is 0 Å². The van der Waals surface area contributed by atoms with Gasteiger partial charge in [-0.05, 0) is 26.3 Å². The van der Waals surface area contributed by atoms with Crippen LogP contribution in [0, 0.1) is 20.8 Å². The number of rotatable bonds is 1. The monoisotopic (exact) mass is 222 g/mol. The van der Waals surface area contributed by atoms with Crippen LogP contribution in [0.1, 0.15) is 17.0 Å². The van der Waals surface area contributed by atoms with E-state index in [4.69, 9.17) is 11.6 Å². The number of aromatic nitrogens is 4. The molecule has 0 unspecified atom stereocenters. The molecule has 0 fully saturated rings. The SMILES string of the molecule is Cc1c(Cl)nnc(-n2ccnc2C)c1C. The van der Waals surface area contributed by atoms with Gasteiger partial charge in [-0.25, -0.2) is 4.98 Å². The van der Waals surface area contributed by atoms with Gasteiger partial charge >= 0.3 is 0 Å². The van der Waals surface area contributed by atoms with Gasteiger partial charge in [0.25, 0.3) is 0 Å². The maximum Gasteiger partial charge on any atom is 0.164 e. The second-order valence-corrected chi connectivity index (χ2v) is 3.77. The minimum absolute atomic E-state index is 0.453. The quantitative estimate of drug-likeness (QED) is 0.743. The topological polar surface area (TPSA) is 43.6 Å². The van der Waals surface area contributed by atoms with Gasteiger partial charge in [-0.2, -0.15) is 0 Å². The lowest BCUT2D eigenvalue weighted by Gasteiger charge is -2.09. The van der Waals surface area contributed by atoms with E-state index >= 15 is 0 Å². The summed E-state index contributed by atoms with van der Waals surface area (Å²) >= 11 is 5.89. The van der Waals surface area contributed by atoms with Gasteiger partial charge in [0.1, 0.15) is 5.82 Å². The first-order valence-corrected chi connectivity index (χ1v) is 4.98. The summed E-state index contributed by atoms with van der Waals surface area (Å²) in [7, 11) is 0. The lowest BCUT2D eigenvalue weighted by Crippen LogP contribution is -2.05. The largest absolute Gasteiger partial charge is 0.286 e. The number of hydrogen-bond acceptors (Lipinski definition) is 3. The second kappa shape index (κ2) is 3.62. The molecule has 0 N–H and O–H groups in total. The standard InChI is InChI=1S/C10H11ClN4/c1-6-7(2)10(14-13-9(6)11)15-5-4-12-8(15)3/h4-5H,1-3H3.